The normalized spacial score (nSPS) is 13.7. The summed E-state index contributed by atoms with van der Waals surface area (Å²) in [5.74, 6) is 0.152. The number of thioether (sulfide) groups is 1. The van der Waals surface area contributed by atoms with Crippen LogP contribution in [0.15, 0.2) is 35.7 Å². The average molecular weight is 383 g/mol. The van der Waals surface area contributed by atoms with Gasteiger partial charge < -0.3 is 9.57 Å². The van der Waals surface area contributed by atoms with Crippen LogP contribution in [0.4, 0.5) is 0 Å². The molecule has 0 saturated heterocycles. The van der Waals surface area contributed by atoms with E-state index in [0.29, 0.717) is 28.9 Å². The van der Waals surface area contributed by atoms with Crippen molar-refractivity contribution in [1.82, 2.24) is 14.7 Å². The number of benzene rings is 1. The minimum Gasteiger partial charge on any atom is -0.462 e. The number of carbonyl (C=O) groups excluding carboxylic acids is 1. The average Bonchev–Trinajstić information content (AvgIpc) is 3.47. The van der Waals surface area contributed by atoms with Crippen LogP contribution in [-0.4, -0.2) is 40.6 Å². The molecule has 27 heavy (non-hydrogen) atoms. The smallest absolute Gasteiger partial charge is 0.341 e. The Hall–Kier alpha value is -2.54. The Morgan fingerprint density at radius 3 is 2.85 bits per heavy atom. The summed E-state index contributed by atoms with van der Waals surface area (Å²) < 4.78 is 6.99. The molecule has 4 rings (SSSR count). The molecule has 7 heteroatoms. The van der Waals surface area contributed by atoms with Crippen molar-refractivity contribution >= 4 is 28.6 Å². The Morgan fingerprint density at radius 1 is 1.37 bits per heavy atom. The van der Waals surface area contributed by atoms with E-state index in [1.165, 1.54) is 30.2 Å². The van der Waals surface area contributed by atoms with E-state index in [2.05, 4.69) is 22.1 Å². The molecule has 1 aliphatic rings. The van der Waals surface area contributed by atoms with Crippen molar-refractivity contribution in [1.29, 1.82) is 0 Å². The van der Waals surface area contributed by atoms with Crippen molar-refractivity contribution in [2.24, 2.45) is 0 Å². The number of nitrogens with zero attached hydrogens (tertiary/aromatic N) is 3. The van der Waals surface area contributed by atoms with Crippen LogP contribution >= 0.6 is 11.8 Å². The van der Waals surface area contributed by atoms with Gasteiger partial charge in [0.05, 0.1) is 24.0 Å². The molecule has 0 bridgehead atoms. The van der Waals surface area contributed by atoms with Gasteiger partial charge in [0.2, 0.25) is 0 Å². The summed E-state index contributed by atoms with van der Waals surface area (Å²) in [7, 11) is 1.65. The molecule has 6 nitrogen and oxygen atoms in total. The van der Waals surface area contributed by atoms with Gasteiger partial charge in [-0.3, -0.25) is 0 Å². The molecule has 0 unspecified atom stereocenters. The van der Waals surface area contributed by atoms with Gasteiger partial charge in [0, 0.05) is 17.1 Å². The van der Waals surface area contributed by atoms with Gasteiger partial charge in [-0.15, -0.1) is 0 Å². The summed E-state index contributed by atoms with van der Waals surface area (Å²) in [5, 5.41) is 1.62. The van der Waals surface area contributed by atoms with Crippen LogP contribution in [0.5, 0.6) is 0 Å². The predicted molar refractivity (Wildman–Crippen MR) is 105 cm³/mol. The highest BCUT2D eigenvalue weighted by atomic mass is 32.2. The first-order valence-electron chi connectivity index (χ1n) is 8.94. The maximum Gasteiger partial charge on any atom is 0.341 e. The van der Waals surface area contributed by atoms with Crippen molar-refractivity contribution in [2.75, 3.05) is 20.0 Å². The number of aromatic nitrogens is 3. The van der Waals surface area contributed by atoms with E-state index < -0.39 is 5.97 Å². The lowest BCUT2D eigenvalue weighted by Crippen LogP contribution is -2.09. The fourth-order valence-corrected chi connectivity index (χ4v) is 3.70. The predicted octanol–water partition coefficient (Wildman–Crippen LogP) is 3.93. The highest BCUT2D eigenvalue weighted by Crippen LogP contribution is 2.45. The van der Waals surface area contributed by atoms with Gasteiger partial charge in [-0.2, -0.15) is 4.73 Å². The maximum absolute atomic E-state index is 12.5. The Bertz CT molecular complexity index is 1010. The van der Waals surface area contributed by atoms with Gasteiger partial charge in [-0.25, -0.2) is 14.8 Å². The molecular formula is C20H21N3O3S. The Morgan fingerprint density at radius 2 is 2.19 bits per heavy atom. The highest BCUT2D eigenvalue weighted by Gasteiger charge is 2.29. The Balaban J connectivity index is 1.97. The third-order valence-electron chi connectivity index (χ3n) is 4.74. The lowest BCUT2D eigenvalue weighted by atomic mass is 10.0. The molecule has 0 aliphatic heterocycles. The fraction of sp³-hybridized carbons (Fsp3) is 0.350. The molecule has 1 aliphatic carbocycles. The number of ether oxygens (including phenoxy) is 1. The van der Waals surface area contributed by atoms with Gasteiger partial charge >= 0.3 is 5.97 Å². The fourth-order valence-electron chi connectivity index (χ4n) is 3.36. The molecule has 1 aromatic carbocycles. The van der Waals surface area contributed by atoms with E-state index in [1.807, 2.05) is 18.5 Å². The summed E-state index contributed by atoms with van der Waals surface area (Å²) >= 11 is 1.44. The van der Waals surface area contributed by atoms with Crippen LogP contribution in [0.2, 0.25) is 0 Å². The zero-order valence-corrected chi connectivity index (χ0v) is 16.4. The van der Waals surface area contributed by atoms with Crippen molar-refractivity contribution in [3.05, 3.63) is 41.7 Å². The number of carbonyl (C=O) groups is 1. The highest BCUT2D eigenvalue weighted by molar-refractivity contribution is 7.98. The lowest BCUT2D eigenvalue weighted by Gasteiger charge is -2.08. The van der Waals surface area contributed by atoms with E-state index in [1.54, 1.807) is 25.0 Å². The quantitative estimate of drug-likeness (QED) is 0.365. The molecule has 2 aromatic heterocycles. The standard InChI is InChI=1S/C20H21N3O3S/c1-4-26-19(24)15-10-21-20(27-3)22-17(15)16-11-23(25-2)18-13(12-8-9-12)6-5-7-14(16)18/h5-7,10-12H,4,8-9H2,1-3H3. The topological polar surface area (TPSA) is 66.2 Å². The summed E-state index contributed by atoms with van der Waals surface area (Å²) in [4.78, 5) is 27.0. The van der Waals surface area contributed by atoms with Crippen LogP contribution in [-0.2, 0) is 4.74 Å². The summed E-state index contributed by atoms with van der Waals surface area (Å²) in [6.45, 7) is 2.08. The monoisotopic (exact) mass is 383 g/mol. The number of para-hydroxylation sites is 1. The van der Waals surface area contributed by atoms with Crippen molar-refractivity contribution < 1.29 is 14.4 Å². The number of hydrogen-bond acceptors (Lipinski definition) is 6. The van der Waals surface area contributed by atoms with E-state index in [-0.39, 0.29) is 0 Å². The Kier molecular flexibility index (Phi) is 4.78. The van der Waals surface area contributed by atoms with E-state index >= 15 is 0 Å². The second-order valence-electron chi connectivity index (χ2n) is 6.41. The summed E-state index contributed by atoms with van der Waals surface area (Å²) in [6, 6.07) is 6.25. The zero-order chi connectivity index (χ0) is 19.0. The first kappa shape index (κ1) is 17.9. The van der Waals surface area contributed by atoms with Crippen molar-refractivity contribution in [3.8, 4) is 11.3 Å². The molecule has 1 fully saturated rings. The van der Waals surface area contributed by atoms with Gasteiger partial charge in [0.15, 0.2) is 5.16 Å². The number of hydrogen-bond donors (Lipinski definition) is 0. The molecule has 0 amide bonds. The molecule has 0 atom stereocenters. The summed E-state index contributed by atoms with van der Waals surface area (Å²) in [5.41, 5.74) is 4.09. The van der Waals surface area contributed by atoms with E-state index in [4.69, 9.17) is 9.57 Å². The van der Waals surface area contributed by atoms with E-state index in [0.717, 1.165) is 16.5 Å². The molecule has 1 saturated carbocycles. The minimum atomic E-state index is -0.420. The van der Waals surface area contributed by atoms with Gasteiger partial charge in [-0.05, 0) is 37.5 Å². The number of esters is 1. The largest absolute Gasteiger partial charge is 0.462 e. The number of rotatable bonds is 6. The molecule has 3 aromatic rings. The molecular weight excluding hydrogens is 362 g/mol. The first-order chi connectivity index (χ1) is 13.2. The van der Waals surface area contributed by atoms with Crippen molar-refractivity contribution in [3.63, 3.8) is 0 Å². The maximum atomic E-state index is 12.5. The van der Waals surface area contributed by atoms with Crippen molar-refractivity contribution in [2.45, 2.75) is 30.8 Å². The van der Waals surface area contributed by atoms with Gasteiger partial charge in [0.1, 0.15) is 12.7 Å². The van der Waals surface area contributed by atoms with Crippen LogP contribution in [0.1, 0.15) is 41.6 Å². The second-order valence-corrected chi connectivity index (χ2v) is 7.18. The second kappa shape index (κ2) is 7.23. The first-order valence-corrected chi connectivity index (χ1v) is 10.2. The third kappa shape index (κ3) is 3.16. The minimum absolute atomic E-state index is 0.300. The Labute approximate surface area is 161 Å². The van der Waals surface area contributed by atoms with Crippen LogP contribution in [0.25, 0.3) is 22.2 Å². The van der Waals surface area contributed by atoms with Gasteiger partial charge in [0.25, 0.3) is 0 Å². The summed E-state index contributed by atoms with van der Waals surface area (Å²) in [6.07, 6.45) is 7.74. The lowest BCUT2D eigenvalue weighted by molar-refractivity contribution is 0.0526. The van der Waals surface area contributed by atoms with Gasteiger partial charge in [-0.1, -0.05) is 30.0 Å². The number of fused-ring (bicyclic) bond motifs is 1. The molecule has 0 spiro atoms. The van der Waals surface area contributed by atoms with Crippen LogP contribution in [0, 0.1) is 0 Å². The molecule has 0 radical (unpaired) electrons. The zero-order valence-electron chi connectivity index (χ0n) is 15.6. The third-order valence-corrected chi connectivity index (χ3v) is 5.30. The SMILES string of the molecule is CCOC(=O)c1cnc(SC)nc1-c1cn(OC)c2c(C3CC3)cccc12. The molecule has 2 heterocycles. The molecule has 140 valence electrons. The van der Waals surface area contributed by atoms with Crippen LogP contribution < -0.4 is 4.84 Å². The van der Waals surface area contributed by atoms with Crippen LogP contribution in [0.3, 0.4) is 0 Å². The molecule has 0 N–H and O–H groups in total. The van der Waals surface area contributed by atoms with E-state index in [9.17, 15) is 4.79 Å².